The molecule has 2 aromatic carbocycles. The highest BCUT2D eigenvalue weighted by molar-refractivity contribution is 6.31. The zero-order valence-electron chi connectivity index (χ0n) is 20.8. The van der Waals surface area contributed by atoms with Crippen LogP contribution in [0.25, 0.3) is 11.2 Å². The van der Waals surface area contributed by atoms with Crippen LogP contribution in [0.4, 0.5) is 15.9 Å². The van der Waals surface area contributed by atoms with Gasteiger partial charge in [-0.25, -0.2) is 14.4 Å². The van der Waals surface area contributed by atoms with Crippen LogP contribution in [0.15, 0.2) is 54.9 Å². The van der Waals surface area contributed by atoms with Crippen LogP contribution in [0.5, 0.6) is 0 Å². The van der Waals surface area contributed by atoms with Gasteiger partial charge in [0.2, 0.25) is 5.65 Å². The van der Waals surface area contributed by atoms with Crippen molar-refractivity contribution in [3.8, 4) is 0 Å². The van der Waals surface area contributed by atoms with Gasteiger partial charge in [-0.3, -0.25) is 14.4 Å². The number of carbonyl (C=O) groups is 1. The molecular formula is C27H29ClFN7O. The first-order chi connectivity index (χ1) is 17.9. The fraction of sp³-hybridized carbons (Fsp3) is 0.333. The van der Waals surface area contributed by atoms with Crippen molar-refractivity contribution in [1.29, 1.82) is 0 Å². The van der Waals surface area contributed by atoms with Gasteiger partial charge in [0, 0.05) is 42.5 Å². The third-order valence-electron chi connectivity index (χ3n) is 6.53. The summed E-state index contributed by atoms with van der Waals surface area (Å²) < 4.78 is 15.3. The number of nitrogens with zero attached hydrogens (tertiary/aromatic N) is 5. The number of benzene rings is 2. The quantitative estimate of drug-likeness (QED) is 0.320. The lowest BCUT2D eigenvalue weighted by molar-refractivity contribution is 0.102. The molecule has 8 nitrogen and oxygen atoms in total. The van der Waals surface area contributed by atoms with Crippen LogP contribution in [-0.4, -0.2) is 49.8 Å². The second kappa shape index (κ2) is 10.8. The third kappa shape index (κ3) is 5.89. The highest BCUT2D eigenvalue weighted by atomic mass is 35.5. The van der Waals surface area contributed by atoms with Crippen molar-refractivity contribution in [2.45, 2.75) is 45.6 Å². The van der Waals surface area contributed by atoms with Crippen molar-refractivity contribution in [3.05, 3.63) is 76.6 Å². The number of alkyl halides is 1. The van der Waals surface area contributed by atoms with Crippen LogP contribution in [-0.2, 0) is 13.1 Å². The lowest BCUT2D eigenvalue weighted by atomic mass is 10.1. The molecule has 10 heteroatoms. The van der Waals surface area contributed by atoms with Crippen molar-refractivity contribution >= 4 is 40.2 Å². The summed E-state index contributed by atoms with van der Waals surface area (Å²) in [5.74, 6) is 0.375. The fourth-order valence-corrected chi connectivity index (χ4v) is 4.70. The Labute approximate surface area is 219 Å². The Bertz CT molecular complexity index is 1430. The topological polar surface area (TPSA) is 88.0 Å². The van der Waals surface area contributed by atoms with Gasteiger partial charge in [-0.2, -0.15) is 5.10 Å². The molecule has 0 aliphatic carbocycles. The van der Waals surface area contributed by atoms with Crippen LogP contribution >= 0.6 is 11.6 Å². The number of amides is 1. The maximum Gasteiger partial charge on any atom is 0.255 e. The predicted octanol–water partition coefficient (Wildman–Crippen LogP) is 5.47. The predicted molar refractivity (Wildman–Crippen MR) is 144 cm³/mol. The van der Waals surface area contributed by atoms with E-state index in [0.29, 0.717) is 53.8 Å². The van der Waals surface area contributed by atoms with E-state index in [2.05, 4.69) is 25.7 Å². The molecule has 0 saturated carbocycles. The molecule has 4 aromatic rings. The smallest absolute Gasteiger partial charge is 0.255 e. The molecule has 192 valence electrons. The van der Waals surface area contributed by atoms with Crippen LogP contribution in [0.2, 0.25) is 5.02 Å². The number of likely N-dealkylation sites (tertiary alicyclic amines) is 1. The van der Waals surface area contributed by atoms with E-state index in [9.17, 15) is 9.18 Å². The number of anilines is 2. The van der Waals surface area contributed by atoms with Crippen molar-refractivity contribution in [3.63, 3.8) is 0 Å². The molecule has 1 amide bonds. The molecule has 0 spiro atoms. The first-order valence-corrected chi connectivity index (χ1v) is 12.8. The molecule has 2 aromatic heterocycles. The summed E-state index contributed by atoms with van der Waals surface area (Å²) in [7, 11) is 0. The summed E-state index contributed by atoms with van der Waals surface area (Å²) in [4.78, 5) is 23.9. The molecule has 0 radical (unpaired) electrons. The van der Waals surface area contributed by atoms with Crippen molar-refractivity contribution in [2.24, 2.45) is 0 Å². The Morgan fingerprint density at radius 1 is 1.27 bits per heavy atom. The Morgan fingerprint density at radius 3 is 2.89 bits per heavy atom. The highest BCUT2D eigenvalue weighted by Gasteiger charge is 2.22. The van der Waals surface area contributed by atoms with Crippen molar-refractivity contribution in [2.75, 3.05) is 23.7 Å². The normalized spacial score (nSPS) is 16.7. The minimum atomic E-state index is -0.778. The number of hydrogen-bond acceptors (Lipinski definition) is 6. The molecule has 1 fully saturated rings. The zero-order valence-corrected chi connectivity index (χ0v) is 21.5. The molecule has 1 aliphatic rings. The number of halogens is 2. The largest absolute Gasteiger partial charge is 0.362 e. The van der Waals surface area contributed by atoms with Crippen LogP contribution in [0.1, 0.15) is 47.8 Å². The second-order valence-corrected chi connectivity index (χ2v) is 9.73. The first kappa shape index (κ1) is 25.1. The van der Waals surface area contributed by atoms with Gasteiger partial charge in [0.15, 0.2) is 0 Å². The van der Waals surface area contributed by atoms with Gasteiger partial charge >= 0.3 is 0 Å². The van der Waals surface area contributed by atoms with E-state index in [0.717, 1.165) is 23.2 Å². The van der Waals surface area contributed by atoms with Gasteiger partial charge in [0.05, 0.1) is 18.4 Å². The summed E-state index contributed by atoms with van der Waals surface area (Å²) >= 11 is 6.46. The van der Waals surface area contributed by atoms with Crippen LogP contribution < -0.4 is 10.6 Å². The minimum Gasteiger partial charge on any atom is -0.362 e. The summed E-state index contributed by atoms with van der Waals surface area (Å²) in [6.07, 6.45) is 3.34. The summed E-state index contributed by atoms with van der Waals surface area (Å²) in [6.45, 7) is 6.50. The maximum atomic E-state index is 13.5. The number of hydrogen-bond donors (Lipinski definition) is 2. The second-order valence-electron chi connectivity index (χ2n) is 9.32. The van der Waals surface area contributed by atoms with E-state index in [-0.39, 0.29) is 11.9 Å². The lowest BCUT2D eigenvalue weighted by Crippen LogP contribution is -2.20. The van der Waals surface area contributed by atoms with E-state index in [1.54, 1.807) is 23.0 Å². The molecule has 0 bridgehead atoms. The molecule has 2 N–H and O–H groups in total. The van der Waals surface area contributed by atoms with Crippen LogP contribution in [0.3, 0.4) is 0 Å². The van der Waals surface area contributed by atoms with Crippen molar-refractivity contribution in [1.82, 2.24) is 24.6 Å². The Morgan fingerprint density at radius 2 is 2.14 bits per heavy atom. The van der Waals surface area contributed by atoms with Gasteiger partial charge in [-0.05, 0) is 55.7 Å². The highest BCUT2D eigenvalue weighted by Crippen LogP contribution is 2.25. The van der Waals surface area contributed by atoms with E-state index < -0.39 is 6.17 Å². The van der Waals surface area contributed by atoms with E-state index in [4.69, 9.17) is 11.6 Å². The summed E-state index contributed by atoms with van der Waals surface area (Å²) in [6, 6.07) is 12.8. The number of aryl methyl sites for hydroxylation is 1. The Balaban J connectivity index is 1.23. The fourth-order valence-electron chi connectivity index (χ4n) is 4.46. The van der Waals surface area contributed by atoms with Gasteiger partial charge in [0.25, 0.3) is 5.91 Å². The molecule has 1 saturated heterocycles. The summed E-state index contributed by atoms with van der Waals surface area (Å²) in [5.41, 5.74) is 4.34. The third-order valence-corrected chi connectivity index (χ3v) is 6.88. The Kier molecular flexibility index (Phi) is 7.34. The maximum absolute atomic E-state index is 13.5. The number of aromatic nitrogens is 4. The van der Waals surface area contributed by atoms with Gasteiger partial charge in [0.1, 0.15) is 17.5 Å². The molecule has 37 heavy (non-hydrogen) atoms. The van der Waals surface area contributed by atoms with Gasteiger partial charge in [-0.1, -0.05) is 29.8 Å². The molecular weight excluding hydrogens is 493 g/mol. The minimum absolute atomic E-state index is 0.0832. The monoisotopic (exact) mass is 521 g/mol. The number of nitrogens with one attached hydrogen (secondary N) is 2. The van der Waals surface area contributed by atoms with Crippen molar-refractivity contribution < 1.29 is 9.18 Å². The average Bonchev–Trinajstić information content (AvgIpc) is 3.50. The molecule has 1 aliphatic heterocycles. The standard InChI is InChI=1S/C27H29ClFN7O/c1-3-36-16-24-26(34-36)33-25(13-30-24)31-17(2)18-5-4-6-22(11-18)32-27(37)19-7-8-20(23(28)12-19)14-35-10-9-21(29)15-35/h4-8,11-13,16-17,21H,3,9-10,14-15H2,1-2H3,(H,32,37)(H,31,33,34)/t17-,21+/m0/s1. The molecule has 5 rings (SSSR count). The molecule has 0 unspecified atom stereocenters. The number of fused-ring (bicyclic) bond motifs is 1. The first-order valence-electron chi connectivity index (χ1n) is 12.4. The van der Waals surface area contributed by atoms with Crippen LogP contribution in [0, 0.1) is 0 Å². The van der Waals surface area contributed by atoms with E-state index >= 15 is 0 Å². The average molecular weight is 522 g/mol. The zero-order chi connectivity index (χ0) is 25.9. The summed E-state index contributed by atoms with van der Waals surface area (Å²) in [5, 5.41) is 11.2. The number of rotatable bonds is 8. The molecule has 2 atom stereocenters. The SMILES string of the molecule is CCn1cc2ncc(N[C@@H](C)c3cccc(NC(=O)c4ccc(CN5CC[C@@H](F)C5)c(Cl)c4)c3)nc2n1. The van der Waals surface area contributed by atoms with Gasteiger partial charge in [-0.15, -0.1) is 0 Å². The number of carbonyl (C=O) groups excluding carboxylic acids is 1. The molecule has 3 heterocycles. The lowest BCUT2D eigenvalue weighted by Gasteiger charge is -2.17. The Hall–Kier alpha value is -3.56. The van der Waals surface area contributed by atoms with E-state index in [1.807, 2.05) is 55.3 Å². The van der Waals surface area contributed by atoms with E-state index in [1.165, 1.54) is 0 Å². The van der Waals surface area contributed by atoms with Gasteiger partial charge < -0.3 is 10.6 Å².